The van der Waals surface area contributed by atoms with Crippen molar-refractivity contribution in [3.8, 4) is 0 Å². The van der Waals surface area contributed by atoms with E-state index < -0.39 is 0 Å². The van der Waals surface area contributed by atoms with Crippen LogP contribution in [0.3, 0.4) is 0 Å². The van der Waals surface area contributed by atoms with Crippen molar-refractivity contribution in [1.29, 1.82) is 0 Å². The summed E-state index contributed by atoms with van der Waals surface area (Å²) in [5.41, 5.74) is 3.79. The maximum absolute atomic E-state index is 13.0. The zero-order chi connectivity index (χ0) is 21.4. The quantitative estimate of drug-likeness (QED) is 0.590. The SMILES string of the molecule is CC1(C)CC(N=C=O)CC(C)(CNC(=O)N2CCc3[nH]c4ccccc4c3CC2)C1. The second kappa shape index (κ2) is 7.92. The van der Waals surface area contributed by atoms with Crippen LogP contribution in [-0.4, -0.2) is 47.7 Å². The highest BCUT2D eigenvalue weighted by Gasteiger charge is 2.41. The summed E-state index contributed by atoms with van der Waals surface area (Å²) in [6, 6.07) is 8.39. The van der Waals surface area contributed by atoms with Crippen molar-refractivity contribution < 1.29 is 9.59 Å². The van der Waals surface area contributed by atoms with E-state index in [2.05, 4.69) is 60.3 Å². The number of aromatic nitrogens is 1. The summed E-state index contributed by atoms with van der Waals surface area (Å²) < 4.78 is 0. The lowest BCUT2D eigenvalue weighted by Gasteiger charge is -2.45. The number of aliphatic imine (C=N–C) groups is 1. The second-order valence-corrected chi connectivity index (χ2v) is 10.2. The van der Waals surface area contributed by atoms with Crippen molar-refractivity contribution in [2.75, 3.05) is 19.6 Å². The van der Waals surface area contributed by atoms with E-state index in [-0.39, 0.29) is 22.9 Å². The first-order valence-corrected chi connectivity index (χ1v) is 11.0. The molecule has 2 N–H and O–H groups in total. The van der Waals surface area contributed by atoms with Gasteiger partial charge in [0.25, 0.3) is 0 Å². The number of benzene rings is 1. The minimum Gasteiger partial charge on any atom is -0.358 e. The number of H-pyrrole nitrogens is 1. The lowest BCUT2D eigenvalue weighted by atomic mass is 9.63. The highest BCUT2D eigenvalue weighted by atomic mass is 16.2. The Morgan fingerprint density at radius 2 is 2.00 bits per heavy atom. The molecule has 2 aromatic rings. The third kappa shape index (κ3) is 4.29. The molecule has 2 heterocycles. The Labute approximate surface area is 178 Å². The van der Waals surface area contributed by atoms with Crippen LogP contribution in [0.15, 0.2) is 29.3 Å². The number of hydrogen-bond donors (Lipinski definition) is 2. The number of nitrogens with zero attached hydrogens (tertiary/aromatic N) is 2. The number of carbonyl (C=O) groups is 1. The Morgan fingerprint density at radius 1 is 1.23 bits per heavy atom. The van der Waals surface area contributed by atoms with Gasteiger partial charge >= 0.3 is 6.03 Å². The van der Waals surface area contributed by atoms with Gasteiger partial charge in [0, 0.05) is 42.7 Å². The molecule has 0 saturated heterocycles. The lowest BCUT2D eigenvalue weighted by molar-refractivity contribution is 0.0832. The molecule has 1 aliphatic carbocycles. The van der Waals surface area contributed by atoms with Crippen LogP contribution in [-0.2, 0) is 17.6 Å². The molecule has 2 aliphatic rings. The standard InChI is InChI=1S/C24H32N4O2/c1-23(2)12-17(26-16-29)13-24(3,14-23)15-25-22(30)28-10-8-19-18-6-4-5-7-20(18)27-21(19)9-11-28/h4-7,17,27H,8-15H2,1-3H3,(H,25,30). The third-order valence-electron chi connectivity index (χ3n) is 6.78. The van der Waals surface area contributed by atoms with Crippen molar-refractivity contribution in [3.05, 3.63) is 35.5 Å². The topological polar surface area (TPSA) is 77.6 Å². The summed E-state index contributed by atoms with van der Waals surface area (Å²) in [5, 5.41) is 4.46. The van der Waals surface area contributed by atoms with Gasteiger partial charge in [-0.3, -0.25) is 0 Å². The fraction of sp³-hybridized carbons (Fsp3) is 0.583. The summed E-state index contributed by atoms with van der Waals surface area (Å²) in [6.07, 6.45) is 6.15. The zero-order valence-electron chi connectivity index (χ0n) is 18.3. The number of para-hydroxylation sites is 1. The number of aromatic amines is 1. The Hall–Kier alpha value is -2.59. The molecule has 0 radical (unpaired) electrons. The maximum atomic E-state index is 13.0. The van der Waals surface area contributed by atoms with Gasteiger partial charge in [-0.05, 0) is 48.1 Å². The Bertz CT molecular complexity index is 988. The van der Waals surface area contributed by atoms with Crippen LogP contribution >= 0.6 is 0 Å². The molecule has 6 heteroatoms. The van der Waals surface area contributed by atoms with Gasteiger partial charge in [0.2, 0.25) is 6.08 Å². The van der Waals surface area contributed by atoms with Crippen LogP contribution in [0.25, 0.3) is 10.9 Å². The van der Waals surface area contributed by atoms with E-state index in [9.17, 15) is 9.59 Å². The van der Waals surface area contributed by atoms with Gasteiger partial charge in [-0.15, -0.1) is 0 Å². The summed E-state index contributed by atoms with van der Waals surface area (Å²) in [4.78, 5) is 33.2. The Morgan fingerprint density at radius 3 is 2.80 bits per heavy atom. The average Bonchev–Trinajstić information content (AvgIpc) is 2.89. The fourth-order valence-corrected chi connectivity index (χ4v) is 5.84. The molecule has 30 heavy (non-hydrogen) atoms. The first kappa shape index (κ1) is 20.7. The number of rotatable bonds is 3. The van der Waals surface area contributed by atoms with E-state index in [4.69, 9.17) is 0 Å². The normalized spacial score (nSPS) is 25.8. The van der Waals surface area contributed by atoms with Gasteiger partial charge in [0.15, 0.2) is 0 Å². The molecule has 2 atom stereocenters. The monoisotopic (exact) mass is 408 g/mol. The summed E-state index contributed by atoms with van der Waals surface area (Å²) in [7, 11) is 0. The minimum atomic E-state index is -0.0746. The van der Waals surface area contributed by atoms with Crippen LogP contribution in [0.2, 0.25) is 0 Å². The van der Waals surface area contributed by atoms with Crippen molar-refractivity contribution in [3.63, 3.8) is 0 Å². The highest BCUT2D eigenvalue weighted by molar-refractivity contribution is 5.85. The Balaban J connectivity index is 1.39. The third-order valence-corrected chi connectivity index (χ3v) is 6.78. The molecule has 2 amide bonds. The largest absolute Gasteiger partial charge is 0.358 e. The lowest BCUT2D eigenvalue weighted by Crippen LogP contribution is -2.48. The molecular weight excluding hydrogens is 376 g/mol. The number of amides is 2. The zero-order valence-corrected chi connectivity index (χ0v) is 18.3. The number of carbonyl (C=O) groups excluding carboxylic acids is 2. The molecule has 160 valence electrons. The molecule has 6 nitrogen and oxygen atoms in total. The highest BCUT2D eigenvalue weighted by Crippen LogP contribution is 2.46. The van der Waals surface area contributed by atoms with E-state index in [1.54, 1.807) is 6.08 Å². The van der Waals surface area contributed by atoms with Gasteiger partial charge in [0.05, 0.1) is 6.04 Å². The molecule has 1 aromatic heterocycles. The molecule has 2 unspecified atom stereocenters. The average molecular weight is 409 g/mol. The van der Waals surface area contributed by atoms with E-state index >= 15 is 0 Å². The van der Waals surface area contributed by atoms with Crippen molar-refractivity contribution >= 4 is 23.0 Å². The van der Waals surface area contributed by atoms with Gasteiger partial charge in [-0.25, -0.2) is 14.6 Å². The second-order valence-electron chi connectivity index (χ2n) is 10.2. The molecule has 0 spiro atoms. The molecule has 4 rings (SSSR count). The maximum Gasteiger partial charge on any atom is 0.317 e. The summed E-state index contributed by atoms with van der Waals surface area (Å²) >= 11 is 0. The van der Waals surface area contributed by atoms with Gasteiger partial charge in [-0.2, -0.15) is 0 Å². The molecule has 1 fully saturated rings. The van der Waals surface area contributed by atoms with Crippen LogP contribution in [0, 0.1) is 10.8 Å². The predicted molar refractivity (Wildman–Crippen MR) is 118 cm³/mol. The molecular formula is C24H32N4O2. The fourth-order valence-electron chi connectivity index (χ4n) is 5.84. The number of nitrogens with one attached hydrogen (secondary N) is 2. The van der Waals surface area contributed by atoms with E-state index in [1.807, 2.05) is 4.90 Å². The van der Waals surface area contributed by atoms with Crippen LogP contribution in [0.5, 0.6) is 0 Å². The number of urea groups is 1. The number of hydrogen-bond acceptors (Lipinski definition) is 3. The minimum absolute atomic E-state index is 0.00417. The summed E-state index contributed by atoms with van der Waals surface area (Å²) in [5.74, 6) is 0. The van der Waals surface area contributed by atoms with Gasteiger partial charge in [-0.1, -0.05) is 39.0 Å². The first-order valence-electron chi connectivity index (χ1n) is 11.0. The van der Waals surface area contributed by atoms with E-state index in [0.717, 1.165) is 38.6 Å². The Kier molecular flexibility index (Phi) is 5.46. The molecule has 1 aliphatic heterocycles. The van der Waals surface area contributed by atoms with Crippen molar-refractivity contribution in [2.24, 2.45) is 15.8 Å². The number of isocyanates is 1. The van der Waals surface area contributed by atoms with E-state index in [0.29, 0.717) is 13.1 Å². The van der Waals surface area contributed by atoms with Gasteiger partial charge < -0.3 is 15.2 Å². The van der Waals surface area contributed by atoms with Crippen molar-refractivity contribution in [1.82, 2.24) is 15.2 Å². The molecule has 1 saturated carbocycles. The smallest absolute Gasteiger partial charge is 0.317 e. The van der Waals surface area contributed by atoms with Crippen LogP contribution in [0.1, 0.15) is 51.3 Å². The van der Waals surface area contributed by atoms with E-state index in [1.165, 1.54) is 22.2 Å². The number of fused-ring (bicyclic) bond motifs is 3. The van der Waals surface area contributed by atoms with Crippen LogP contribution < -0.4 is 5.32 Å². The van der Waals surface area contributed by atoms with Crippen LogP contribution in [0.4, 0.5) is 4.79 Å². The van der Waals surface area contributed by atoms with Crippen molar-refractivity contribution in [2.45, 2.75) is 58.9 Å². The van der Waals surface area contributed by atoms with Gasteiger partial charge in [0.1, 0.15) is 0 Å². The molecule has 0 bridgehead atoms. The summed E-state index contributed by atoms with van der Waals surface area (Å²) in [6.45, 7) is 8.66. The molecule has 1 aromatic carbocycles. The predicted octanol–water partition coefficient (Wildman–Crippen LogP) is 4.20. The first-order chi connectivity index (χ1) is 14.3.